The second kappa shape index (κ2) is 5.37. The van der Waals surface area contributed by atoms with Crippen molar-refractivity contribution in [1.82, 2.24) is 4.90 Å². The van der Waals surface area contributed by atoms with Crippen molar-refractivity contribution in [3.8, 4) is 0 Å². The van der Waals surface area contributed by atoms with Gasteiger partial charge in [-0.3, -0.25) is 4.79 Å². The number of likely N-dealkylation sites (N-methyl/N-ethyl adjacent to an activating group) is 1. The van der Waals surface area contributed by atoms with Crippen LogP contribution in [0.15, 0.2) is 17.5 Å². The van der Waals surface area contributed by atoms with Crippen molar-refractivity contribution in [2.45, 2.75) is 19.2 Å². The molecule has 2 nitrogen and oxygen atoms in total. The maximum Gasteiger partial charge on any atom is 0.245 e. The van der Waals surface area contributed by atoms with Crippen LogP contribution in [0.3, 0.4) is 0 Å². The molecule has 14 heavy (non-hydrogen) atoms. The van der Waals surface area contributed by atoms with Gasteiger partial charge in [0.2, 0.25) is 5.91 Å². The Morgan fingerprint density at radius 2 is 2.21 bits per heavy atom. The molecule has 0 N–H and O–H groups in total. The van der Waals surface area contributed by atoms with E-state index in [0.717, 1.165) is 4.88 Å². The summed E-state index contributed by atoms with van der Waals surface area (Å²) in [6.07, 6.45) is 0. The molecule has 0 saturated heterocycles. The quantitative estimate of drug-likeness (QED) is 0.730. The summed E-state index contributed by atoms with van der Waals surface area (Å²) >= 11 is 7.59. The van der Waals surface area contributed by atoms with Crippen LogP contribution in [-0.2, 0) is 4.79 Å². The molecular formula is C10H14ClNOS. The fourth-order valence-electron chi connectivity index (χ4n) is 1.25. The molecule has 0 spiro atoms. The second-order valence-electron chi connectivity index (χ2n) is 2.89. The highest BCUT2D eigenvalue weighted by Crippen LogP contribution is 2.26. The Kier molecular flexibility index (Phi) is 4.42. The maximum atomic E-state index is 11.8. The Balaban J connectivity index is 2.69. The Labute approximate surface area is 93.5 Å². The molecular weight excluding hydrogens is 218 g/mol. The summed E-state index contributed by atoms with van der Waals surface area (Å²) in [5.41, 5.74) is 0. The zero-order chi connectivity index (χ0) is 10.6. The van der Waals surface area contributed by atoms with Crippen LogP contribution in [-0.4, -0.2) is 23.9 Å². The number of halogens is 1. The fourth-order valence-corrected chi connectivity index (χ4v) is 2.31. The molecule has 0 aliphatic heterocycles. The number of hydrogen-bond acceptors (Lipinski definition) is 2. The standard InChI is InChI=1S/C10H14ClNOS/c1-3-12(4-2)10(13)9(11)8-6-5-7-14-8/h5-7,9H,3-4H2,1-2H3. The second-order valence-corrected chi connectivity index (χ2v) is 4.30. The number of rotatable bonds is 4. The van der Waals surface area contributed by atoms with Crippen LogP contribution in [0.2, 0.25) is 0 Å². The third kappa shape index (κ3) is 2.49. The van der Waals surface area contributed by atoms with E-state index in [4.69, 9.17) is 11.6 Å². The molecule has 4 heteroatoms. The molecule has 1 aromatic heterocycles. The van der Waals surface area contributed by atoms with Crippen LogP contribution < -0.4 is 0 Å². The molecule has 1 atom stereocenters. The van der Waals surface area contributed by atoms with Gasteiger partial charge in [-0.25, -0.2) is 0 Å². The van der Waals surface area contributed by atoms with Crippen molar-refractivity contribution in [3.63, 3.8) is 0 Å². The average molecular weight is 232 g/mol. The average Bonchev–Trinajstić information content (AvgIpc) is 2.71. The van der Waals surface area contributed by atoms with Gasteiger partial charge in [0.05, 0.1) is 0 Å². The Hall–Kier alpha value is -0.540. The predicted molar refractivity (Wildman–Crippen MR) is 60.8 cm³/mol. The lowest BCUT2D eigenvalue weighted by molar-refractivity contribution is -0.130. The van der Waals surface area contributed by atoms with Crippen molar-refractivity contribution >= 4 is 28.8 Å². The summed E-state index contributed by atoms with van der Waals surface area (Å²) in [5.74, 6) is -0.000818. The Morgan fingerprint density at radius 1 is 1.57 bits per heavy atom. The van der Waals surface area contributed by atoms with Crippen LogP contribution in [0, 0.1) is 0 Å². The van der Waals surface area contributed by atoms with Crippen molar-refractivity contribution in [2.75, 3.05) is 13.1 Å². The topological polar surface area (TPSA) is 20.3 Å². The zero-order valence-corrected chi connectivity index (χ0v) is 9.94. The summed E-state index contributed by atoms with van der Waals surface area (Å²) in [4.78, 5) is 14.5. The van der Waals surface area contributed by atoms with E-state index in [-0.39, 0.29) is 5.91 Å². The molecule has 1 rings (SSSR count). The number of alkyl halides is 1. The first kappa shape index (κ1) is 11.5. The summed E-state index contributed by atoms with van der Waals surface area (Å²) < 4.78 is 0. The Morgan fingerprint density at radius 3 is 2.64 bits per heavy atom. The zero-order valence-electron chi connectivity index (χ0n) is 8.37. The van der Waals surface area contributed by atoms with Crippen LogP contribution in [0.1, 0.15) is 24.1 Å². The first-order valence-corrected chi connectivity index (χ1v) is 5.98. The molecule has 0 aliphatic rings. The first-order chi connectivity index (χ1) is 6.70. The van der Waals surface area contributed by atoms with E-state index >= 15 is 0 Å². The van der Waals surface area contributed by atoms with E-state index in [1.165, 1.54) is 11.3 Å². The minimum absolute atomic E-state index is 0.000818. The van der Waals surface area contributed by atoms with Gasteiger partial charge in [0.1, 0.15) is 5.38 Å². The number of nitrogens with zero attached hydrogens (tertiary/aromatic N) is 1. The summed E-state index contributed by atoms with van der Waals surface area (Å²) in [6, 6.07) is 3.80. The maximum absolute atomic E-state index is 11.8. The largest absolute Gasteiger partial charge is 0.342 e. The summed E-state index contributed by atoms with van der Waals surface area (Å²) in [6.45, 7) is 5.34. The normalized spacial score (nSPS) is 12.5. The van der Waals surface area contributed by atoms with E-state index in [9.17, 15) is 4.79 Å². The molecule has 0 aliphatic carbocycles. The van der Waals surface area contributed by atoms with Crippen molar-refractivity contribution in [3.05, 3.63) is 22.4 Å². The molecule has 1 unspecified atom stereocenters. The summed E-state index contributed by atoms with van der Waals surface area (Å²) in [7, 11) is 0. The lowest BCUT2D eigenvalue weighted by atomic mass is 10.3. The highest BCUT2D eigenvalue weighted by Gasteiger charge is 2.22. The molecule has 0 bridgehead atoms. The number of carbonyl (C=O) groups is 1. The molecule has 1 amide bonds. The minimum Gasteiger partial charge on any atom is -0.342 e. The highest BCUT2D eigenvalue weighted by atomic mass is 35.5. The third-order valence-electron chi connectivity index (χ3n) is 2.08. The lowest BCUT2D eigenvalue weighted by Crippen LogP contribution is -2.32. The van der Waals surface area contributed by atoms with Gasteiger partial charge in [-0.2, -0.15) is 0 Å². The number of thiophene rings is 1. The molecule has 78 valence electrons. The molecule has 0 fully saturated rings. The van der Waals surface area contributed by atoms with Crippen molar-refractivity contribution in [1.29, 1.82) is 0 Å². The molecule has 0 aromatic carbocycles. The van der Waals surface area contributed by atoms with Crippen LogP contribution in [0.25, 0.3) is 0 Å². The molecule has 0 saturated carbocycles. The lowest BCUT2D eigenvalue weighted by Gasteiger charge is -2.20. The number of amides is 1. The van der Waals surface area contributed by atoms with E-state index in [0.29, 0.717) is 13.1 Å². The van der Waals surface area contributed by atoms with Gasteiger partial charge >= 0.3 is 0 Å². The minimum atomic E-state index is -0.519. The molecule has 1 aromatic rings. The highest BCUT2D eigenvalue weighted by molar-refractivity contribution is 7.10. The first-order valence-electron chi connectivity index (χ1n) is 4.67. The predicted octanol–water partition coefficient (Wildman–Crippen LogP) is 2.90. The van der Waals surface area contributed by atoms with Gasteiger partial charge < -0.3 is 4.90 Å². The van der Waals surface area contributed by atoms with Crippen LogP contribution >= 0.6 is 22.9 Å². The fraction of sp³-hybridized carbons (Fsp3) is 0.500. The SMILES string of the molecule is CCN(CC)C(=O)C(Cl)c1cccs1. The van der Waals surface area contributed by atoms with E-state index in [2.05, 4.69) is 0 Å². The molecule has 0 radical (unpaired) electrons. The van der Waals surface area contributed by atoms with Gasteiger partial charge in [0, 0.05) is 18.0 Å². The number of carbonyl (C=O) groups excluding carboxylic acids is 1. The van der Waals surface area contributed by atoms with Crippen molar-refractivity contribution in [2.24, 2.45) is 0 Å². The Bertz CT molecular complexity index is 282. The monoisotopic (exact) mass is 231 g/mol. The van der Waals surface area contributed by atoms with E-state index in [1.54, 1.807) is 4.90 Å². The van der Waals surface area contributed by atoms with Gasteiger partial charge in [-0.15, -0.1) is 22.9 Å². The van der Waals surface area contributed by atoms with Crippen LogP contribution in [0.4, 0.5) is 0 Å². The smallest absolute Gasteiger partial charge is 0.245 e. The van der Waals surface area contributed by atoms with Gasteiger partial charge in [-0.05, 0) is 25.3 Å². The summed E-state index contributed by atoms with van der Waals surface area (Å²) in [5, 5.41) is 1.41. The van der Waals surface area contributed by atoms with E-state index < -0.39 is 5.38 Å². The molecule has 1 heterocycles. The van der Waals surface area contributed by atoms with Gasteiger partial charge in [-0.1, -0.05) is 6.07 Å². The van der Waals surface area contributed by atoms with Gasteiger partial charge in [0.15, 0.2) is 0 Å². The number of hydrogen-bond donors (Lipinski definition) is 0. The van der Waals surface area contributed by atoms with Gasteiger partial charge in [0.25, 0.3) is 0 Å². The third-order valence-corrected chi connectivity index (χ3v) is 3.57. The van der Waals surface area contributed by atoms with Crippen LogP contribution in [0.5, 0.6) is 0 Å². The van der Waals surface area contributed by atoms with E-state index in [1.807, 2.05) is 31.4 Å². The van der Waals surface area contributed by atoms with Crippen molar-refractivity contribution < 1.29 is 4.79 Å².